The lowest BCUT2D eigenvalue weighted by Crippen LogP contribution is -2.67. The van der Waals surface area contributed by atoms with E-state index in [4.69, 9.17) is 18.6 Å². The fourth-order valence-corrected chi connectivity index (χ4v) is 9.19. The van der Waals surface area contributed by atoms with Gasteiger partial charge in [0.15, 0.2) is 0 Å². The molecule has 3 aromatic carbocycles. The molecule has 3 aromatic rings. The predicted molar refractivity (Wildman–Crippen MR) is 140 cm³/mol. The monoisotopic (exact) mass is 476 g/mol. The van der Waals surface area contributed by atoms with E-state index in [0.717, 1.165) is 24.3 Å². The minimum absolute atomic E-state index is 0.0451. The van der Waals surface area contributed by atoms with Crippen LogP contribution in [0.1, 0.15) is 32.8 Å². The fourth-order valence-electron chi connectivity index (χ4n) is 4.60. The minimum atomic E-state index is -2.60. The summed E-state index contributed by atoms with van der Waals surface area (Å²) in [6.07, 6.45) is 1.06. The van der Waals surface area contributed by atoms with E-state index in [-0.39, 0.29) is 17.2 Å². The molecule has 0 saturated carbocycles. The molecule has 4 nitrogen and oxygen atoms in total. The van der Waals surface area contributed by atoms with Crippen molar-refractivity contribution in [1.29, 1.82) is 0 Å². The largest absolute Gasteiger partial charge is 0.497 e. The van der Waals surface area contributed by atoms with Crippen LogP contribution in [0.25, 0.3) is 0 Å². The summed E-state index contributed by atoms with van der Waals surface area (Å²) in [5, 5.41) is 2.50. The first-order valence-electron chi connectivity index (χ1n) is 12.0. The van der Waals surface area contributed by atoms with Gasteiger partial charge in [-0.25, -0.2) is 0 Å². The van der Waals surface area contributed by atoms with E-state index < -0.39 is 8.32 Å². The van der Waals surface area contributed by atoms with Crippen LogP contribution in [-0.2, 0) is 20.5 Å². The standard InChI is InChI=1S/C29H36O4Si/c1-29(2,3)34(27-11-7-5-8-12-27,28-13-9-6-10-14-28)33-22-26(19-25-21-32-25)31-20-23-15-17-24(30-4)18-16-23/h5-18,25-26H,19-22H2,1-4H3/t25-,26-/m0/s1. The molecular weight excluding hydrogens is 440 g/mol. The van der Waals surface area contributed by atoms with Gasteiger partial charge in [-0.05, 0) is 33.1 Å². The van der Waals surface area contributed by atoms with E-state index in [0.29, 0.717) is 13.2 Å². The molecule has 0 radical (unpaired) electrons. The van der Waals surface area contributed by atoms with Crippen molar-refractivity contribution in [2.45, 2.75) is 51.0 Å². The summed E-state index contributed by atoms with van der Waals surface area (Å²) in [7, 11) is -0.921. The van der Waals surface area contributed by atoms with Crippen LogP contribution in [0, 0.1) is 0 Å². The third-order valence-electron chi connectivity index (χ3n) is 6.48. The Morgan fingerprint density at radius 2 is 1.44 bits per heavy atom. The second-order valence-corrected chi connectivity index (χ2v) is 14.3. The van der Waals surface area contributed by atoms with Crippen molar-refractivity contribution in [3.8, 4) is 5.75 Å². The summed E-state index contributed by atoms with van der Waals surface area (Å²) in [6, 6.07) is 29.5. The minimum Gasteiger partial charge on any atom is -0.497 e. The Balaban J connectivity index is 1.58. The number of methoxy groups -OCH3 is 1. The van der Waals surface area contributed by atoms with Gasteiger partial charge >= 0.3 is 0 Å². The quantitative estimate of drug-likeness (QED) is 0.290. The van der Waals surface area contributed by atoms with Gasteiger partial charge in [-0.1, -0.05) is 93.6 Å². The summed E-state index contributed by atoms with van der Waals surface area (Å²) in [5.41, 5.74) is 1.12. The molecular formula is C29H36O4Si. The maximum Gasteiger partial charge on any atom is 0.261 e. The molecule has 0 bridgehead atoms. The molecule has 0 amide bonds. The Morgan fingerprint density at radius 3 is 1.91 bits per heavy atom. The number of ether oxygens (including phenoxy) is 3. The Hall–Kier alpha value is -2.44. The first-order valence-corrected chi connectivity index (χ1v) is 13.9. The smallest absolute Gasteiger partial charge is 0.261 e. The molecule has 0 N–H and O–H groups in total. The lowest BCUT2D eigenvalue weighted by atomic mass is 10.2. The second kappa shape index (κ2) is 10.9. The number of hydrogen-bond acceptors (Lipinski definition) is 4. The van der Waals surface area contributed by atoms with Gasteiger partial charge in [0, 0.05) is 6.42 Å². The molecule has 1 saturated heterocycles. The summed E-state index contributed by atoms with van der Waals surface area (Å²) in [5.74, 6) is 0.849. The number of epoxide rings is 1. The molecule has 1 heterocycles. The molecule has 0 unspecified atom stereocenters. The first-order chi connectivity index (χ1) is 16.4. The van der Waals surface area contributed by atoms with Crippen LogP contribution in [0.5, 0.6) is 5.75 Å². The number of rotatable bonds is 11. The van der Waals surface area contributed by atoms with Crippen molar-refractivity contribution in [1.82, 2.24) is 0 Å². The van der Waals surface area contributed by atoms with Crippen LogP contribution in [-0.4, -0.2) is 40.8 Å². The van der Waals surface area contributed by atoms with Crippen LogP contribution in [0.3, 0.4) is 0 Å². The molecule has 1 aliphatic rings. The van der Waals surface area contributed by atoms with Gasteiger partial charge in [-0.15, -0.1) is 0 Å². The SMILES string of the molecule is COc1ccc(CO[C@H](CO[Si](c2ccccc2)(c2ccccc2)C(C)(C)C)C[C@H]2CO2)cc1. The van der Waals surface area contributed by atoms with E-state index in [1.54, 1.807) is 7.11 Å². The first kappa shape index (κ1) is 24.7. The lowest BCUT2D eigenvalue weighted by molar-refractivity contribution is -0.00174. The maximum atomic E-state index is 7.12. The number of hydrogen-bond donors (Lipinski definition) is 0. The highest BCUT2D eigenvalue weighted by Gasteiger charge is 2.50. The molecule has 0 aliphatic carbocycles. The highest BCUT2D eigenvalue weighted by atomic mass is 28.4. The van der Waals surface area contributed by atoms with Gasteiger partial charge in [0.25, 0.3) is 8.32 Å². The van der Waals surface area contributed by atoms with Crippen LogP contribution in [0.15, 0.2) is 84.9 Å². The third kappa shape index (κ3) is 5.78. The van der Waals surface area contributed by atoms with Gasteiger partial charge in [0.05, 0.1) is 39.1 Å². The van der Waals surface area contributed by atoms with Crippen molar-refractivity contribution in [2.24, 2.45) is 0 Å². The van der Waals surface area contributed by atoms with Crippen molar-refractivity contribution in [3.63, 3.8) is 0 Å². The fraction of sp³-hybridized carbons (Fsp3) is 0.379. The highest BCUT2D eigenvalue weighted by molar-refractivity contribution is 6.99. The second-order valence-electron chi connectivity index (χ2n) is 9.95. The zero-order valence-electron chi connectivity index (χ0n) is 20.7. The Labute approximate surface area is 205 Å². The summed E-state index contributed by atoms with van der Waals surface area (Å²) in [6.45, 7) is 8.78. The van der Waals surface area contributed by atoms with Crippen LogP contribution < -0.4 is 15.1 Å². The van der Waals surface area contributed by atoms with Gasteiger partial charge in [-0.3, -0.25) is 0 Å². The van der Waals surface area contributed by atoms with Gasteiger partial charge < -0.3 is 18.6 Å². The average molecular weight is 477 g/mol. The lowest BCUT2D eigenvalue weighted by Gasteiger charge is -2.43. The molecule has 2 atom stereocenters. The third-order valence-corrected chi connectivity index (χ3v) is 11.5. The average Bonchev–Trinajstić information content (AvgIpc) is 3.67. The van der Waals surface area contributed by atoms with Crippen molar-refractivity contribution in [3.05, 3.63) is 90.5 Å². The molecule has 5 heteroatoms. The molecule has 0 aromatic heterocycles. The van der Waals surface area contributed by atoms with Crippen molar-refractivity contribution in [2.75, 3.05) is 20.3 Å². The van der Waals surface area contributed by atoms with Gasteiger partial charge in [0.2, 0.25) is 0 Å². The van der Waals surface area contributed by atoms with Gasteiger partial charge in [-0.2, -0.15) is 0 Å². The van der Waals surface area contributed by atoms with Crippen molar-refractivity contribution < 1.29 is 18.6 Å². The Morgan fingerprint density at radius 1 is 0.882 bits per heavy atom. The molecule has 1 aliphatic heterocycles. The normalized spacial score (nSPS) is 16.8. The van der Waals surface area contributed by atoms with Crippen molar-refractivity contribution >= 4 is 18.7 Å². The van der Waals surface area contributed by atoms with Gasteiger partial charge in [0.1, 0.15) is 5.75 Å². The molecule has 4 rings (SSSR count). The van der Waals surface area contributed by atoms with E-state index in [2.05, 4.69) is 81.4 Å². The summed E-state index contributed by atoms with van der Waals surface area (Å²) < 4.78 is 24.4. The number of benzene rings is 3. The molecule has 1 fully saturated rings. The maximum absolute atomic E-state index is 7.12. The van der Waals surface area contributed by atoms with Crippen LogP contribution in [0.2, 0.25) is 5.04 Å². The zero-order valence-corrected chi connectivity index (χ0v) is 21.7. The Kier molecular flexibility index (Phi) is 7.89. The Bertz CT molecular complexity index is 972. The topological polar surface area (TPSA) is 40.2 Å². The van der Waals surface area contributed by atoms with E-state index in [1.807, 2.05) is 24.3 Å². The van der Waals surface area contributed by atoms with Crippen LogP contribution >= 0.6 is 0 Å². The van der Waals surface area contributed by atoms with E-state index in [1.165, 1.54) is 10.4 Å². The molecule has 180 valence electrons. The zero-order chi connectivity index (χ0) is 24.0. The summed E-state index contributed by atoms with van der Waals surface area (Å²) in [4.78, 5) is 0. The molecule has 0 spiro atoms. The molecule has 34 heavy (non-hydrogen) atoms. The van der Waals surface area contributed by atoms with E-state index >= 15 is 0 Å². The summed E-state index contributed by atoms with van der Waals surface area (Å²) >= 11 is 0. The highest BCUT2D eigenvalue weighted by Crippen LogP contribution is 2.37. The van der Waals surface area contributed by atoms with E-state index in [9.17, 15) is 0 Å². The van der Waals surface area contributed by atoms with Crippen LogP contribution in [0.4, 0.5) is 0 Å². The predicted octanol–water partition coefficient (Wildman–Crippen LogP) is 4.95.